The minimum atomic E-state index is -0.714. The Morgan fingerprint density at radius 3 is 2.57 bits per heavy atom. The van der Waals surface area contributed by atoms with Crippen LogP contribution < -0.4 is 5.32 Å². The topological polar surface area (TPSA) is 88.4 Å². The third-order valence-electron chi connectivity index (χ3n) is 2.83. The Bertz CT molecular complexity index is 663. The third-order valence-corrected chi connectivity index (χ3v) is 4.37. The van der Waals surface area contributed by atoms with Gasteiger partial charge in [0.05, 0.1) is 19.4 Å². The van der Waals surface area contributed by atoms with Crippen molar-refractivity contribution in [2.24, 2.45) is 0 Å². The van der Waals surface area contributed by atoms with Gasteiger partial charge in [-0.25, -0.2) is 9.59 Å². The number of thiophene rings is 1. The number of methoxy groups -OCH3 is 1. The van der Waals surface area contributed by atoms with Crippen LogP contribution in [0.15, 0.2) is 17.8 Å². The summed E-state index contributed by atoms with van der Waals surface area (Å²) in [5.41, 5.74) is 0.172. The van der Waals surface area contributed by atoms with Gasteiger partial charge in [0, 0.05) is 11.1 Å². The lowest BCUT2D eigenvalue weighted by Crippen LogP contribution is -2.09. The highest BCUT2D eigenvalue weighted by Gasteiger charge is 2.23. The second kappa shape index (κ2) is 7.79. The van der Waals surface area contributed by atoms with Gasteiger partial charge in [-0.2, -0.15) is 5.26 Å². The van der Waals surface area contributed by atoms with E-state index >= 15 is 0 Å². The van der Waals surface area contributed by atoms with E-state index in [2.05, 4.69) is 5.32 Å². The van der Waals surface area contributed by atoms with Crippen LogP contribution in [0.3, 0.4) is 0 Å². The van der Waals surface area contributed by atoms with Gasteiger partial charge in [0.2, 0.25) is 0 Å². The molecule has 0 bridgehead atoms. The minimum absolute atomic E-state index is 0.143. The summed E-state index contributed by atoms with van der Waals surface area (Å²) in [5, 5.41) is 11.8. The summed E-state index contributed by atoms with van der Waals surface area (Å²) in [5.74, 6) is -1.19. The fraction of sp³-hybridized carbons (Fsp3) is 0.438. The monoisotopic (exact) mass is 336 g/mol. The lowest BCUT2D eigenvalue weighted by molar-refractivity contribution is -0.138. The summed E-state index contributed by atoms with van der Waals surface area (Å²) in [6.07, 6.45) is 1.24. The van der Waals surface area contributed by atoms with Gasteiger partial charge >= 0.3 is 11.9 Å². The van der Waals surface area contributed by atoms with Crippen LogP contribution in [-0.2, 0) is 19.7 Å². The van der Waals surface area contributed by atoms with Crippen molar-refractivity contribution in [2.45, 2.75) is 33.1 Å². The largest absolute Gasteiger partial charge is 0.465 e. The standard InChI is InChI=1S/C16H20N2O4S/c1-6-22-14(19)10(8-17)9-18-11-7-12(16(2,3)4)23-13(11)15(20)21-5/h7,9,18H,6H2,1-5H3/b10-9+. The van der Waals surface area contributed by atoms with Crippen molar-refractivity contribution in [3.8, 4) is 6.07 Å². The number of esters is 2. The highest BCUT2D eigenvalue weighted by atomic mass is 32.1. The second-order valence-electron chi connectivity index (χ2n) is 5.63. The molecule has 0 amide bonds. The number of nitrogens with zero attached hydrogens (tertiary/aromatic N) is 1. The SMILES string of the molecule is CCOC(=O)/C(C#N)=C/Nc1cc(C(C)(C)C)sc1C(=O)OC. The quantitative estimate of drug-likeness (QED) is 0.504. The van der Waals surface area contributed by atoms with Crippen molar-refractivity contribution in [2.75, 3.05) is 19.0 Å². The number of ether oxygens (including phenoxy) is 2. The zero-order valence-electron chi connectivity index (χ0n) is 13.9. The lowest BCUT2D eigenvalue weighted by Gasteiger charge is -2.15. The molecule has 124 valence electrons. The van der Waals surface area contributed by atoms with Gasteiger partial charge in [0.15, 0.2) is 5.57 Å². The Kier molecular flexibility index (Phi) is 6.34. The predicted octanol–water partition coefficient (Wildman–Crippen LogP) is 3.21. The van der Waals surface area contributed by atoms with Crippen molar-refractivity contribution in [1.82, 2.24) is 0 Å². The molecule has 0 fully saturated rings. The van der Waals surface area contributed by atoms with Crippen LogP contribution in [0.2, 0.25) is 0 Å². The van der Waals surface area contributed by atoms with Gasteiger partial charge in [-0.1, -0.05) is 20.8 Å². The van der Waals surface area contributed by atoms with Gasteiger partial charge in [0.25, 0.3) is 0 Å². The number of hydrogen-bond donors (Lipinski definition) is 1. The van der Waals surface area contributed by atoms with Crippen LogP contribution in [0.1, 0.15) is 42.2 Å². The van der Waals surface area contributed by atoms with Crippen LogP contribution in [0.4, 0.5) is 5.69 Å². The first-order valence-corrected chi connectivity index (χ1v) is 7.82. The molecule has 0 radical (unpaired) electrons. The van der Waals surface area contributed by atoms with E-state index in [0.717, 1.165) is 4.88 Å². The molecule has 1 N–H and O–H groups in total. The first-order valence-electron chi connectivity index (χ1n) is 7.01. The maximum absolute atomic E-state index is 11.9. The van der Waals surface area contributed by atoms with Crippen molar-refractivity contribution in [3.05, 3.63) is 27.6 Å². The summed E-state index contributed by atoms with van der Waals surface area (Å²) in [7, 11) is 1.30. The summed E-state index contributed by atoms with van der Waals surface area (Å²) >= 11 is 1.31. The highest BCUT2D eigenvalue weighted by Crippen LogP contribution is 2.35. The number of nitriles is 1. The van der Waals surface area contributed by atoms with Crippen molar-refractivity contribution >= 4 is 29.0 Å². The molecule has 1 aromatic heterocycles. The molecule has 23 heavy (non-hydrogen) atoms. The molecule has 0 atom stereocenters. The number of carbonyl (C=O) groups is 2. The van der Waals surface area contributed by atoms with Gasteiger partial charge < -0.3 is 14.8 Å². The number of rotatable bonds is 5. The summed E-state index contributed by atoms with van der Waals surface area (Å²) in [6, 6.07) is 3.58. The average molecular weight is 336 g/mol. The summed E-state index contributed by atoms with van der Waals surface area (Å²) in [6.45, 7) is 7.92. The summed E-state index contributed by atoms with van der Waals surface area (Å²) < 4.78 is 9.56. The van der Waals surface area contributed by atoms with E-state index in [9.17, 15) is 9.59 Å². The molecular weight excluding hydrogens is 316 g/mol. The van der Waals surface area contributed by atoms with Crippen molar-refractivity contribution in [1.29, 1.82) is 5.26 Å². The molecule has 7 heteroatoms. The fourth-order valence-electron chi connectivity index (χ4n) is 1.61. The van der Waals surface area contributed by atoms with E-state index in [4.69, 9.17) is 14.7 Å². The van der Waals surface area contributed by atoms with E-state index in [1.165, 1.54) is 24.6 Å². The maximum atomic E-state index is 11.9. The van der Waals surface area contributed by atoms with Crippen LogP contribution in [-0.4, -0.2) is 25.7 Å². The molecule has 1 aromatic rings. The second-order valence-corrected chi connectivity index (χ2v) is 6.68. The van der Waals surface area contributed by atoms with Crippen molar-refractivity contribution in [3.63, 3.8) is 0 Å². The molecule has 0 aliphatic rings. The van der Waals surface area contributed by atoms with E-state index in [1.807, 2.05) is 26.8 Å². The Labute approximate surface area is 139 Å². The minimum Gasteiger partial charge on any atom is -0.465 e. The zero-order chi connectivity index (χ0) is 17.6. The Balaban J connectivity index is 3.16. The number of hydrogen-bond acceptors (Lipinski definition) is 7. The smallest absolute Gasteiger partial charge is 0.350 e. The first kappa shape index (κ1) is 18.7. The first-order chi connectivity index (χ1) is 10.7. The number of carbonyl (C=O) groups excluding carboxylic acids is 2. The Morgan fingerprint density at radius 2 is 2.09 bits per heavy atom. The molecule has 0 aromatic carbocycles. The van der Waals surface area contributed by atoms with Crippen LogP contribution in [0.5, 0.6) is 0 Å². The molecule has 0 unspecified atom stereocenters. The molecule has 0 saturated carbocycles. The van der Waals surface area contributed by atoms with E-state index in [-0.39, 0.29) is 17.6 Å². The van der Waals surface area contributed by atoms with Gasteiger partial charge in [-0.05, 0) is 18.4 Å². The van der Waals surface area contributed by atoms with Crippen molar-refractivity contribution < 1.29 is 19.1 Å². The van der Waals surface area contributed by atoms with Crippen LogP contribution in [0.25, 0.3) is 0 Å². The lowest BCUT2D eigenvalue weighted by atomic mass is 9.94. The number of nitrogens with one attached hydrogen (secondary N) is 1. The molecule has 1 rings (SSSR count). The van der Waals surface area contributed by atoms with Crippen LogP contribution in [0, 0.1) is 11.3 Å². The zero-order valence-corrected chi connectivity index (χ0v) is 14.7. The molecule has 1 heterocycles. The Morgan fingerprint density at radius 1 is 1.43 bits per heavy atom. The molecular formula is C16H20N2O4S. The summed E-state index contributed by atoms with van der Waals surface area (Å²) in [4.78, 5) is 24.8. The van der Waals surface area contributed by atoms with Crippen LogP contribution >= 0.6 is 11.3 Å². The molecule has 0 aliphatic carbocycles. The molecule has 0 saturated heterocycles. The number of anilines is 1. The highest BCUT2D eigenvalue weighted by molar-refractivity contribution is 7.14. The average Bonchev–Trinajstić information content (AvgIpc) is 2.91. The van der Waals surface area contributed by atoms with Gasteiger partial charge in [-0.15, -0.1) is 11.3 Å². The maximum Gasteiger partial charge on any atom is 0.350 e. The van der Waals surface area contributed by atoms with Gasteiger partial charge in [-0.3, -0.25) is 0 Å². The molecule has 0 spiro atoms. The van der Waals surface area contributed by atoms with Gasteiger partial charge in [0.1, 0.15) is 10.9 Å². The van der Waals surface area contributed by atoms with E-state index < -0.39 is 11.9 Å². The Hall–Kier alpha value is -2.33. The molecule has 0 aliphatic heterocycles. The fourth-order valence-corrected chi connectivity index (χ4v) is 2.71. The normalized spacial score (nSPS) is 11.6. The van der Waals surface area contributed by atoms with E-state index in [1.54, 1.807) is 13.0 Å². The third kappa shape index (κ3) is 4.83. The molecule has 6 nitrogen and oxygen atoms in total. The van der Waals surface area contributed by atoms with E-state index in [0.29, 0.717) is 10.6 Å². The predicted molar refractivity (Wildman–Crippen MR) is 88.3 cm³/mol.